The summed E-state index contributed by atoms with van der Waals surface area (Å²) in [6.07, 6.45) is 116. The number of aliphatic hydroxyl groups is 1. The number of carbonyl (C=O) groups excluding carboxylic acids is 2. The summed E-state index contributed by atoms with van der Waals surface area (Å²) >= 11 is 0. The monoisotopic (exact) mass is 1220 g/mol. The van der Waals surface area contributed by atoms with Gasteiger partial charge in [-0.2, -0.15) is 0 Å². The lowest BCUT2D eigenvalue weighted by molar-refractivity contribution is -0.161. The number of unbranched alkanes of at least 4 members (excludes halogenated alkanes) is 36. The molecule has 1 atom stereocenters. The number of esters is 2. The van der Waals surface area contributed by atoms with Crippen LogP contribution in [0.25, 0.3) is 0 Å². The van der Waals surface area contributed by atoms with Gasteiger partial charge in [-0.3, -0.25) is 9.59 Å². The zero-order chi connectivity index (χ0) is 63.3. The molecule has 0 aromatic rings. The molecule has 88 heavy (non-hydrogen) atoms. The molecule has 5 nitrogen and oxygen atoms in total. The normalized spacial score (nSPS) is 13.1. The van der Waals surface area contributed by atoms with E-state index in [2.05, 4.69) is 160 Å². The molecule has 0 spiro atoms. The Morgan fingerprint density at radius 2 is 0.455 bits per heavy atom. The van der Waals surface area contributed by atoms with Crippen molar-refractivity contribution in [2.45, 2.75) is 354 Å². The van der Waals surface area contributed by atoms with Gasteiger partial charge in [0.25, 0.3) is 0 Å². The van der Waals surface area contributed by atoms with Gasteiger partial charge in [-0.1, -0.05) is 365 Å². The van der Waals surface area contributed by atoms with Gasteiger partial charge < -0.3 is 14.6 Å². The standard InChI is InChI=1S/C83H140O5/c1-3-5-7-9-11-13-15-17-19-21-23-25-27-29-31-33-35-37-39-41-43-45-47-49-51-53-55-57-59-61-63-65-67-69-71-73-75-77-82(85)87-80-81(79-84)88-83(86)78-76-74-72-70-68-66-64-62-60-58-56-54-52-50-48-46-44-42-40-38-36-34-32-30-28-26-24-22-20-18-16-14-12-10-8-6-4-2/h5-8,11-14,17-20,23-26,30,32,36,38,42,44,48,50,81,84H,3-4,9-10,15-16,21-22,27-29,31,33-35,37,39-41,43,45-47,49,51-80H2,1-2H3/b7-5-,8-6-,13-11-,14-12-,19-17-,20-18-,25-23-,26-24-,32-30-,38-36-,44-42-,50-48-. The summed E-state index contributed by atoms with van der Waals surface area (Å²) in [5.41, 5.74) is 0. The van der Waals surface area contributed by atoms with Crippen molar-refractivity contribution in [1.82, 2.24) is 0 Å². The average molecular weight is 1220 g/mol. The molecule has 0 saturated heterocycles. The molecule has 0 aliphatic carbocycles. The molecule has 0 fully saturated rings. The maximum atomic E-state index is 12.4. The second-order valence-corrected chi connectivity index (χ2v) is 24.6. The lowest BCUT2D eigenvalue weighted by Crippen LogP contribution is -2.28. The Balaban J connectivity index is 3.47. The summed E-state index contributed by atoms with van der Waals surface area (Å²) in [6, 6.07) is 0. The van der Waals surface area contributed by atoms with Gasteiger partial charge in [0.1, 0.15) is 6.61 Å². The van der Waals surface area contributed by atoms with E-state index >= 15 is 0 Å². The summed E-state index contributed by atoms with van der Waals surface area (Å²) in [7, 11) is 0. The number of allylic oxidation sites excluding steroid dienone is 24. The Bertz CT molecular complexity index is 1810. The molecule has 0 bridgehead atoms. The molecule has 0 aromatic carbocycles. The van der Waals surface area contributed by atoms with Crippen molar-refractivity contribution in [3.05, 3.63) is 146 Å². The molecule has 1 unspecified atom stereocenters. The van der Waals surface area contributed by atoms with Gasteiger partial charge in [0, 0.05) is 12.8 Å². The Labute approximate surface area is 546 Å². The molecule has 0 amide bonds. The van der Waals surface area contributed by atoms with E-state index < -0.39 is 6.10 Å². The fourth-order valence-corrected chi connectivity index (χ4v) is 10.6. The molecule has 5 heteroatoms. The minimum absolute atomic E-state index is 0.0690. The van der Waals surface area contributed by atoms with Gasteiger partial charge in [-0.05, 0) is 116 Å². The van der Waals surface area contributed by atoms with E-state index in [-0.39, 0.29) is 25.2 Å². The minimum Gasteiger partial charge on any atom is -0.462 e. The molecule has 0 aliphatic heterocycles. The largest absolute Gasteiger partial charge is 0.462 e. The predicted octanol–water partition coefficient (Wildman–Crippen LogP) is 26.4. The second kappa shape index (κ2) is 77.0. The lowest BCUT2D eigenvalue weighted by Gasteiger charge is -2.15. The van der Waals surface area contributed by atoms with E-state index in [4.69, 9.17) is 9.47 Å². The van der Waals surface area contributed by atoms with Crippen LogP contribution in [0.1, 0.15) is 348 Å². The third kappa shape index (κ3) is 74.2. The van der Waals surface area contributed by atoms with Gasteiger partial charge in [-0.25, -0.2) is 0 Å². The highest BCUT2D eigenvalue weighted by Gasteiger charge is 2.16. The number of rotatable bonds is 68. The summed E-state index contributed by atoms with van der Waals surface area (Å²) in [5.74, 6) is -0.584. The van der Waals surface area contributed by atoms with Gasteiger partial charge in [0.15, 0.2) is 6.10 Å². The minimum atomic E-state index is -0.781. The van der Waals surface area contributed by atoms with Gasteiger partial charge in [0.05, 0.1) is 6.61 Å². The number of hydrogen-bond donors (Lipinski definition) is 1. The number of ether oxygens (including phenoxy) is 2. The molecule has 1 N–H and O–H groups in total. The highest BCUT2D eigenvalue weighted by Crippen LogP contribution is 2.18. The van der Waals surface area contributed by atoms with Crippen LogP contribution >= 0.6 is 0 Å². The van der Waals surface area contributed by atoms with Crippen molar-refractivity contribution >= 4 is 11.9 Å². The fraction of sp³-hybridized carbons (Fsp3) is 0.687. The van der Waals surface area contributed by atoms with Crippen LogP contribution in [0.2, 0.25) is 0 Å². The molecule has 0 aliphatic rings. The highest BCUT2D eigenvalue weighted by molar-refractivity contribution is 5.70. The third-order valence-electron chi connectivity index (χ3n) is 16.1. The van der Waals surface area contributed by atoms with Crippen molar-refractivity contribution < 1.29 is 24.2 Å². The average Bonchev–Trinajstić information content (AvgIpc) is 3.55. The number of hydrogen-bond acceptors (Lipinski definition) is 5. The smallest absolute Gasteiger partial charge is 0.306 e. The van der Waals surface area contributed by atoms with Crippen molar-refractivity contribution in [3.63, 3.8) is 0 Å². The molecule has 0 radical (unpaired) electrons. The summed E-state index contributed by atoms with van der Waals surface area (Å²) in [4.78, 5) is 24.7. The van der Waals surface area contributed by atoms with E-state index in [0.717, 1.165) is 116 Å². The van der Waals surface area contributed by atoms with E-state index in [1.54, 1.807) is 0 Å². The number of carbonyl (C=O) groups is 2. The topological polar surface area (TPSA) is 72.8 Å². The zero-order valence-corrected chi connectivity index (χ0v) is 57.7. The van der Waals surface area contributed by atoms with E-state index in [1.165, 1.54) is 205 Å². The van der Waals surface area contributed by atoms with Crippen LogP contribution in [0, 0.1) is 0 Å². The lowest BCUT2D eigenvalue weighted by atomic mass is 10.0. The zero-order valence-electron chi connectivity index (χ0n) is 57.7. The first-order valence-electron chi connectivity index (χ1n) is 37.4. The van der Waals surface area contributed by atoms with Crippen molar-refractivity contribution in [2.75, 3.05) is 13.2 Å². The highest BCUT2D eigenvalue weighted by atomic mass is 16.6. The first kappa shape index (κ1) is 83.8. The van der Waals surface area contributed by atoms with Crippen molar-refractivity contribution in [3.8, 4) is 0 Å². The molecule has 0 heterocycles. The maximum Gasteiger partial charge on any atom is 0.306 e. The Hall–Kier alpha value is -4.22. The van der Waals surface area contributed by atoms with Gasteiger partial charge in [-0.15, -0.1) is 0 Å². The summed E-state index contributed by atoms with van der Waals surface area (Å²) < 4.78 is 10.8. The van der Waals surface area contributed by atoms with Crippen LogP contribution in [0.5, 0.6) is 0 Å². The second-order valence-electron chi connectivity index (χ2n) is 24.6. The molecule has 0 saturated carbocycles. The van der Waals surface area contributed by atoms with Crippen LogP contribution in [0.3, 0.4) is 0 Å². The van der Waals surface area contributed by atoms with Gasteiger partial charge >= 0.3 is 11.9 Å². The SMILES string of the molecule is CC/C=C\C/C=C\C/C=C\C/C=C\C/C=C\C/C=C\C/C=C\C/C=C\CCCCCCCCCCCCCCC(=O)OC(CO)COC(=O)CCCCCCCCCCCCCCCCCCCCCCCCCC/C=C\C/C=C\C/C=C\C/C=C\CC. The molecule has 0 rings (SSSR count). The first-order valence-corrected chi connectivity index (χ1v) is 37.4. The summed E-state index contributed by atoms with van der Waals surface area (Å²) in [5, 5.41) is 9.72. The van der Waals surface area contributed by atoms with Gasteiger partial charge in [0.2, 0.25) is 0 Å². The van der Waals surface area contributed by atoms with Crippen LogP contribution < -0.4 is 0 Å². The summed E-state index contributed by atoms with van der Waals surface area (Å²) in [6.45, 7) is 3.94. The predicted molar refractivity (Wildman–Crippen MR) is 389 cm³/mol. The Kier molecular flexibility index (Phi) is 73.3. The van der Waals surface area contributed by atoms with Crippen LogP contribution in [-0.4, -0.2) is 36.4 Å². The molecular weight excluding hydrogens is 1080 g/mol. The van der Waals surface area contributed by atoms with Crippen LogP contribution in [0.15, 0.2) is 146 Å². The van der Waals surface area contributed by atoms with Crippen molar-refractivity contribution in [2.24, 2.45) is 0 Å². The third-order valence-corrected chi connectivity index (χ3v) is 16.1. The van der Waals surface area contributed by atoms with E-state index in [1.807, 2.05) is 0 Å². The van der Waals surface area contributed by atoms with Crippen LogP contribution in [0.4, 0.5) is 0 Å². The fourth-order valence-electron chi connectivity index (χ4n) is 10.6. The van der Waals surface area contributed by atoms with Crippen LogP contribution in [-0.2, 0) is 19.1 Å². The quantitative estimate of drug-likeness (QED) is 0.0373. The van der Waals surface area contributed by atoms with E-state index in [9.17, 15) is 14.7 Å². The maximum absolute atomic E-state index is 12.4. The number of aliphatic hydroxyl groups excluding tert-OH is 1. The van der Waals surface area contributed by atoms with E-state index in [0.29, 0.717) is 12.8 Å². The van der Waals surface area contributed by atoms with Crippen molar-refractivity contribution in [1.29, 1.82) is 0 Å². The molecule has 502 valence electrons. The first-order chi connectivity index (χ1) is 43.6. The Morgan fingerprint density at radius 3 is 0.682 bits per heavy atom. The molecular formula is C83H140O5. The molecule has 0 aromatic heterocycles. The Morgan fingerprint density at radius 1 is 0.261 bits per heavy atom.